The first-order valence-electron chi connectivity index (χ1n) is 26.7. The Bertz CT molecular complexity index is 1010. The molecule has 6 heteroatoms. The highest BCUT2D eigenvalue weighted by Crippen LogP contribution is 2.18. The van der Waals surface area contributed by atoms with Crippen LogP contribution in [0.2, 0.25) is 0 Å². The third-order valence-electron chi connectivity index (χ3n) is 12.2. The third kappa shape index (κ3) is 44.5. The zero-order chi connectivity index (χ0) is 44.5. The molecule has 6 nitrogen and oxygen atoms in total. The van der Waals surface area contributed by atoms with E-state index in [9.17, 15) is 19.8 Å². The van der Waals surface area contributed by atoms with Gasteiger partial charge in [0.25, 0.3) is 0 Å². The number of aliphatic hydroxyl groups excluding tert-OH is 2. The van der Waals surface area contributed by atoms with Crippen LogP contribution in [0.1, 0.15) is 278 Å². The normalized spacial score (nSPS) is 13.5. The summed E-state index contributed by atoms with van der Waals surface area (Å²) in [6, 6.07) is -0.710. The van der Waals surface area contributed by atoms with Gasteiger partial charge in [0.2, 0.25) is 5.91 Å². The Morgan fingerprint density at radius 2 is 0.852 bits per heavy atom. The van der Waals surface area contributed by atoms with E-state index in [-0.39, 0.29) is 24.9 Å². The maximum absolute atomic E-state index is 13.2. The Morgan fingerprint density at radius 3 is 1.33 bits per heavy atom. The van der Waals surface area contributed by atoms with Crippen LogP contribution in [-0.4, -0.2) is 46.9 Å². The van der Waals surface area contributed by atoms with Crippen molar-refractivity contribution in [3.8, 4) is 0 Å². The number of amides is 1. The number of carbonyl (C=O) groups excluding carboxylic acids is 2. The molecule has 0 radical (unpaired) electrons. The molecule has 0 saturated carbocycles. The summed E-state index contributed by atoms with van der Waals surface area (Å²) in [6.45, 7) is 6.45. The fourth-order valence-electron chi connectivity index (χ4n) is 8.11. The zero-order valence-electron chi connectivity index (χ0n) is 40.8. The first-order chi connectivity index (χ1) is 30.0. The molecule has 0 heterocycles. The van der Waals surface area contributed by atoms with Crippen molar-refractivity contribution in [3.63, 3.8) is 0 Å². The van der Waals surface area contributed by atoms with Gasteiger partial charge in [-0.25, -0.2) is 0 Å². The summed E-state index contributed by atoms with van der Waals surface area (Å²) in [6.07, 6.45) is 57.8. The number of nitrogens with one attached hydrogen (secondary N) is 1. The van der Waals surface area contributed by atoms with Crippen molar-refractivity contribution in [2.24, 2.45) is 0 Å². The molecule has 0 fully saturated rings. The molecule has 0 aliphatic heterocycles. The SMILES string of the molecule is CCCC/C=C\CCCCCCCC(=O)OC(CCCCC/C=C/C=C/CCCCCCCCC)CC(=O)NC(CO)C(O)CCCCCCCCCCCCCCCCC. The number of ether oxygens (including phenoxy) is 1. The van der Waals surface area contributed by atoms with Crippen LogP contribution < -0.4 is 5.32 Å². The lowest BCUT2D eigenvalue weighted by atomic mass is 10.0. The van der Waals surface area contributed by atoms with Crippen LogP contribution in [0.25, 0.3) is 0 Å². The van der Waals surface area contributed by atoms with Crippen LogP contribution in [0.15, 0.2) is 36.5 Å². The lowest BCUT2D eigenvalue weighted by Gasteiger charge is -2.24. The van der Waals surface area contributed by atoms with E-state index in [4.69, 9.17) is 4.74 Å². The van der Waals surface area contributed by atoms with Gasteiger partial charge in [-0.3, -0.25) is 9.59 Å². The van der Waals surface area contributed by atoms with Crippen LogP contribution in [-0.2, 0) is 14.3 Å². The summed E-state index contributed by atoms with van der Waals surface area (Å²) in [5.41, 5.74) is 0. The van der Waals surface area contributed by atoms with E-state index in [1.807, 2.05) is 0 Å². The van der Waals surface area contributed by atoms with Gasteiger partial charge in [-0.2, -0.15) is 0 Å². The fourth-order valence-corrected chi connectivity index (χ4v) is 8.11. The number of carbonyl (C=O) groups is 2. The number of hydrogen-bond donors (Lipinski definition) is 3. The van der Waals surface area contributed by atoms with Gasteiger partial charge in [0.05, 0.1) is 25.2 Å². The fraction of sp³-hybridized carbons (Fsp3) is 0.855. The molecule has 1 amide bonds. The van der Waals surface area contributed by atoms with Crippen molar-refractivity contribution in [1.82, 2.24) is 5.32 Å². The van der Waals surface area contributed by atoms with E-state index >= 15 is 0 Å². The number of esters is 1. The smallest absolute Gasteiger partial charge is 0.306 e. The van der Waals surface area contributed by atoms with E-state index in [1.54, 1.807) is 0 Å². The van der Waals surface area contributed by atoms with Crippen molar-refractivity contribution in [1.29, 1.82) is 0 Å². The molecule has 0 aromatic carbocycles. The predicted octanol–water partition coefficient (Wildman–Crippen LogP) is 16.1. The first kappa shape index (κ1) is 59.1. The van der Waals surface area contributed by atoms with E-state index in [0.717, 1.165) is 77.0 Å². The van der Waals surface area contributed by atoms with Crippen molar-refractivity contribution in [3.05, 3.63) is 36.5 Å². The van der Waals surface area contributed by atoms with Gasteiger partial charge in [-0.15, -0.1) is 0 Å². The van der Waals surface area contributed by atoms with E-state index in [2.05, 4.69) is 62.5 Å². The Balaban J connectivity index is 4.58. The highest BCUT2D eigenvalue weighted by atomic mass is 16.5. The quantitative estimate of drug-likeness (QED) is 0.0245. The molecule has 0 aliphatic rings. The highest BCUT2D eigenvalue weighted by Gasteiger charge is 2.24. The molecule has 0 bridgehead atoms. The van der Waals surface area contributed by atoms with Crippen LogP contribution in [0, 0.1) is 0 Å². The van der Waals surface area contributed by atoms with Gasteiger partial charge >= 0.3 is 5.97 Å². The summed E-state index contributed by atoms with van der Waals surface area (Å²) < 4.78 is 5.92. The average Bonchev–Trinajstić information content (AvgIpc) is 3.25. The minimum absolute atomic E-state index is 0.0587. The standard InChI is InChI=1S/C55H103NO5/c1-4-7-10-13-16-19-22-24-26-28-29-32-34-37-40-43-46-51(61-55(60)48-45-42-39-36-31-21-18-15-12-9-6-3)49-54(59)56-52(50-57)53(58)47-44-41-38-35-33-30-27-25-23-20-17-14-11-8-5-2/h15,18,26,28-29,32,51-53,57-58H,4-14,16-17,19-25,27,30-31,33-50H2,1-3H3,(H,56,59)/b18-15-,28-26+,32-29+. The van der Waals surface area contributed by atoms with Crippen LogP contribution >= 0.6 is 0 Å². The third-order valence-corrected chi connectivity index (χ3v) is 12.2. The second kappa shape index (κ2) is 49.1. The maximum Gasteiger partial charge on any atom is 0.306 e. The molecule has 0 aliphatic carbocycles. The molecule has 0 spiro atoms. The summed E-state index contributed by atoms with van der Waals surface area (Å²) >= 11 is 0. The molecule has 0 aromatic rings. The van der Waals surface area contributed by atoms with Gasteiger partial charge < -0.3 is 20.3 Å². The molecule has 3 N–H and O–H groups in total. The Labute approximate surface area is 379 Å². The van der Waals surface area contributed by atoms with Gasteiger partial charge in [0.15, 0.2) is 0 Å². The summed E-state index contributed by atoms with van der Waals surface area (Å²) in [7, 11) is 0. The topological polar surface area (TPSA) is 95.9 Å². The molecular weight excluding hydrogens is 755 g/mol. The minimum atomic E-state index is -0.794. The number of unbranched alkanes of at least 4 members (excludes halogenated alkanes) is 31. The molecule has 358 valence electrons. The van der Waals surface area contributed by atoms with Crippen LogP contribution in [0.4, 0.5) is 0 Å². The molecule has 3 unspecified atom stereocenters. The minimum Gasteiger partial charge on any atom is -0.462 e. The van der Waals surface area contributed by atoms with Gasteiger partial charge in [-0.1, -0.05) is 231 Å². The number of aliphatic hydroxyl groups is 2. The molecule has 0 saturated heterocycles. The molecular formula is C55H103NO5. The van der Waals surface area contributed by atoms with E-state index in [0.29, 0.717) is 19.3 Å². The maximum atomic E-state index is 13.2. The van der Waals surface area contributed by atoms with Gasteiger partial charge in [0, 0.05) is 6.42 Å². The average molecular weight is 858 g/mol. The Kier molecular flexibility index (Phi) is 47.6. The molecule has 61 heavy (non-hydrogen) atoms. The molecule has 0 aromatic heterocycles. The predicted molar refractivity (Wildman–Crippen MR) is 264 cm³/mol. The lowest BCUT2D eigenvalue weighted by molar-refractivity contribution is -0.151. The monoisotopic (exact) mass is 858 g/mol. The van der Waals surface area contributed by atoms with Crippen molar-refractivity contribution in [2.45, 2.75) is 296 Å². The largest absolute Gasteiger partial charge is 0.462 e. The molecule has 0 rings (SSSR count). The summed E-state index contributed by atoms with van der Waals surface area (Å²) in [5.74, 6) is -0.503. The first-order valence-corrected chi connectivity index (χ1v) is 26.7. The second-order valence-corrected chi connectivity index (χ2v) is 18.3. The Hall–Kier alpha value is -1.92. The summed E-state index contributed by atoms with van der Waals surface area (Å²) in [4.78, 5) is 26.1. The van der Waals surface area contributed by atoms with Crippen molar-refractivity contribution >= 4 is 11.9 Å². The zero-order valence-corrected chi connectivity index (χ0v) is 40.8. The lowest BCUT2D eigenvalue weighted by Crippen LogP contribution is -2.46. The number of rotatable bonds is 48. The number of hydrogen-bond acceptors (Lipinski definition) is 5. The van der Waals surface area contributed by atoms with Gasteiger partial charge in [0.1, 0.15) is 6.10 Å². The van der Waals surface area contributed by atoms with Crippen molar-refractivity contribution in [2.75, 3.05) is 6.61 Å². The van der Waals surface area contributed by atoms with Crippen LogP contribution in [0.3, 0.4) is 0 Å². The van der Waals surface area contributed by atoms with Gasteiger partial charge in [-0.05, 0) is 70.6 Å². The summed E-state index contributed by atoms with van der Waals surface area (Å²) in [5, 5.41) is 23.8. The second-order valence-electron chi connectivity index (χ2n) is 18.3. The van der Waals surface area contributed by atoms with Crippen molar-refractivity contribution < 1.29 is 24.5 Å². The van der Waals surface area contributed by atoms with E-state index in [1.165, 1.54) is 154 Å². The number of allylic oxidation sites excluding steroid dienone is 6. The molecule has 3 atom stereocenters. The highest BCUT2D eigenvalue weighted by molar-refractivity contribution is 5.77. The van der Waals surface area contributed by atoms with E-state index < -0.39 is 18.2 Å². The van der Waals surface area contributed by atoms with Crippen LogP contribution in [0.5, 0.6) is 0 Å². The Morgan fingerprint density at radius 1 is 0.475 bits per heavy atom.